The van der Waals surface area contributed by atoms with Crippen LogP contribution in [0.1, 0.15) is 39.5 Å². The minimum Gasteiger partial charge on any atom is -0.390 e. The predicted molar refractivity (Wildman–Crippen MR) is 49.1 cm³/mol. The summed E-state index contributed by atoms with van der Waals surface area (Å²) in [6, 6.07) is 0. The van der Waals surface area contributed by atoms with Crippen molar-refractivity contribution in [1.29, 1.82) is 0 Å². The minimum absolute atomic E-state index is 0.432. The van der Waals surface area contributed by atoms with Gasteiger partial charge in [0.25, 0.3) is 0 Å². The van der Waals surface area contributed by atoms with Gasteiger partial charge in [-0.05, 0) is 31.6 Å². The normalized spacial score (nSPS) is 24.8. The van der Waals surface area contributed by atoms with E-state index in [1.54, 1.807) is 0 Å². The maximum atomic E-state index is 10.0. The Morgan fingerprint density at radius 1 is 1.42 bits per heavy atom. The van der Waals surface area contributed by atoms with Crippen LogP contribution < -0.4 is 0 Å². The molecule has 1 saturated heterocycles. The van der Waals surface area contributed by atoms with Crippen LogP contribution in [0.15, 0.2) is 0 Å². The lowest BCUT2D eigenvalue weighted by atomic mass is 9.86. The highest BCUT2D eigenvalue weighted by molar-refractivity contribution is 4.80. The fraction of sp³-hybridized carbons (Fsp3) is 1.00. The average Bonchev–Trinajstić information content (AvgIpc) is 2.57. The number of aliphatic hydroxyl groups is 1. The largest absolute Gasteiger partial charge is 0.390 e. The van der Waals surface area contributed by atoms with Gasteiger partial charge in [0.15, 0.2) is 0 Å². The highest BCUT2D eigenvalue weighted by Crippen LogP contribution is 2.28. The minimum atomic E-state index is -0.432. The first-order valence-electron chi connectivity index (χ1n) is 5.00. The third-order valence-electron chi connectivity index (χ3n) is 3.01. The third kappa shape index (κ3) is 2.46. The average molecular weight is 172 g/mol. The van der Waals surface area contributed by atoms with Crippen molar-refractivity contribution in [2.45, 2.75) is 45.1 Å². The summed E-state index contributed by atoms with van der Waals surface area (Å²) in [5.74, 6) is 0.592. The Morgan fingerprint density at radius 2 is 2.08 bits per heavy atom. The second-order valence-electron chi connectivity index (χ2n) is 3.87. The Hall–Kier alpha value is -0.0800. The Bertz CT molecular complexity index is 124. The van der Waals surface area contributed by atoms with Gasteiger partial charge >= 0.3 is 0 Å². The maximum Gasteiger partial charge on any atom is 0.0646 e. The van der Waals surface area contributed by atoms with Crippen LogP contribution in [0.3, 0.4) is 0 Å². The van der Waals surface area contributed by atoms with E-state index in [-0.39, 0.29) is 0 Å². The first-order chi connectivity index (χ1) is 5.70. The summed E-state index contributed by atoms with van der Waals surface area (Å²) in [6.45, 7) is 5.84. The molecule has 1 heterocycles. The first-order valence-corrected chi connectivity index (χ1v) is 5.00. The van der Waals surface area contributed by atoms with Crippen LogP contribution >= 0.6 is 0 Å². The molecule has 12 heavy (non-hydrogen) atoms. The molecule has 0 bridgehead atoms. The zero-order chi connectivity index (χ0) is 9.03. The molecule has 0 aromatic rings. The third-order valence-corrected chi connectivity index (χ3v) is 3.01. The van der Waals surface area contributed by atoms with E-state index >= 15 is 0 Å². The first kappa shape index (κ1) is 10.0. The van der Waals surface area contributed by atoms with E-state index in [2.05, 4.69) is 13.8 Å². The fourth-order valence-corrected chi connectivity index (χ4v) is 1.82. The van der Waals surface area contributed by atoms with Gasteiger partial charge in [-0.2, -0.15) is 0 Å². The van der Waals surface area contributed by atoms with E-state index in [0.717, 1.165) is 38.9 Å². The number of hydrogen-bond acceptors (Lipinski definition) is 2. The van der Waals surface area contributed by atoms with Gasteiger partial charge in [0, 0.05) is 13.2 Å². The Kier molecular flexibility index (Phi) is 3.53. The number of ether oxygens (including phenoxy) is 1. The molecule has 1 fully saturated rings. The smallest absolute Gasteiger partial charge is 0.0646 e. The summed E-state index contributed by atoms with van der Waals surface area (Å²) in [5.41, 5.74) is -0.432. The van der Waals surface area contributed by atoms with Crippen molar-refractivity contribution >= 4 is 0 Å². The van der Waals surface area contributed by atoms with Crippen LogP contribution in [0.5, 0.6) is 0 Å². The second kappa shape index (κ2) is 4.24. The summed E-state index contributed by atoms with van der Waals surface area (Å²) in [7, 11) is 0. The molecule has 0 spiro atoms. The molecule has 1 aliphatic heterocycles. The highest BCUT2D eigenvalue weighted by atomic mass is 16.5. The summed E-state index contributed by atoms with van der Waals surface area (Å²) in [4.78, 5) is 0. The number of rotatable bonds is 4. The molecule has 72 valence electrons. The second-order valence-corrected chi connectivity index (χ2v) is 3.87. The highest BCUT2D eigenvalue weighted by Gasteiger charge is 2.28. The lowest BCUT2D eigenvalue weighted by molar-refractivity contribution is 0.00637. The van der Waals surface area contributed by atoms with Gasteiger partial charge in [-0.1, -0.05) is 13.8 Å². The molecular formula is C10H20O2. The monoisotopic (exact) mass is 172 g/mol. The van der Waals surface area contributed by atoms with E-state index in [0.29, 0.717) is 5.92 Å². The molecule has 0 aliphatic carbocycles. The standard InChI is InChI=1S/C10H20O2/c1-3-10(11,4-2)7-9-5-6-12-8-9/h9,11H,3-8H2,1-2H3. The molecule has 0 aromatic heterocycles. The van der Waals surface area contributed by atoms with Gasteiger partial charge in [0.2, 0.25) is 0 Å². The molecule has 1 N–H and O–H groups in total. The summed E-state index contributed by atoms with van der Waals surface area (Å²) in [6.07, 6.45) is 3.77. The van der Waals surface area contributed by atoms with Gasteiger partial charge in [-0.25, -0.2) is 0 Å². The summed E-state index contributed by atoms with van der Waals surface area (Å²) >= 11 is 0. The van der Waals surface area contributed by atoms with E-state index in [9.17, 15) is 5.11 Å². The molecule has 2 heteroatoms. The molecule has 2 nitrogen and oxygen atoms in total. The zero-order valence-corrected chi connectivity index (χ0v) is 8.18. The number of hydrogen-bond donors (Lipinski definition) is 1. The van der Waals surface area contributed by atoms with E-state index in [1.807, 2.05) is 0 Å². The van der Waals surface area contributed by atoms with Gasteiger partial charge in [0.05, 0.1) is 5.60 Å². The summed E-state index contributed by atoms with van der Waals surface area (Å²) in [5, 5.41) is 10.0. The van der Waals surface area contributed by atoms with Crippen molar-refractivity contribution in [1.82, 2.24) is 0 Å². The fourth-order valence-electron chi connectivity index (χ4n) is 1.82. The molecule has 0 aromatic carbocycles. The topological polar surface area (TPSA) is 29.5 Å². The quantitative estimate of drug-likeness (QED) is 0.702. The van der Waals surface area contributed by atoms with E-state index in [1.165, 1.54) is 0 Å². The van der Waals surface area contributed by atoms with E-state index in [4.69, 9.17) is 4.74 Å². The van der Waals surface area contributed by atoms with Crippen LogP contribution in [0.25, 0.3) is 0 Å². The van der Waals surface area contributed by atoms with E-state index < -0.39 is 5.60 Å². The van der Waals surface area contributed by atoms with Crippen molar-refractivity contribution in [2.24, 2.45) is 5.92 Å². The van der Waals surface area contributed by atoms with Crippen LogP contribution in [0, 0.1) is 5.92 Å². The van der Waals surface area contributed by atoms with Crippen LogP contribution in [0.2, 0.25) is 0 Å². The predicted octanol–water partition coefficient (Wildman–Crippen LogP) is 1.96. The SMILES string of the molecule is CCC(O)(CC)CC1CCOC1. The maximum absolute atomic E-state index is 10.0. The Morgan fingerprint density at radius 3 is 2.50 bits per heavy atom. The van der Waals surface area contributed by atoms with Crippen LogP contribution in [-0.2, 0) is 4.74 Å². The van der Waals surface area contributed by atoms with Gasteiger partial charge < -0.3 is 9.84 Å². The van der Waals surface area contributed by atoms with Gasteiger partial charge in [-0.3, -0.25) is 0 Å². The molecule has 0 saturated carbocycles. The van der Waals surface area contributed by atoms with Crippen molar-refractivity contribution in [3.63, 3.8) is 0 Å². The van der Waals surface area contributed by atoms with Gasteiger partial charge in [0.1, 0.15) is 0 Å². The van der Waals surface area contributed by atoms with Crippen molar-refractivity contribution in [2.75, 3.05) is 13.2 Å². The van der Waals surface area contributed by atoms with Crippen molar-refractivity contribution in [3.8, 4) is 0 Å². The Balaban J connectivity index is 2.35. The summed E-state index contributed by atoms with van der Waals surface area (Å²) < 4.78 is 5.28. The lowest BCUT2D eigenvalue weighted by Crippen LogP contribution is -2.29. The molecule has 1 unspecified atom stereocenters. The van der Waals surface area contributed by atoms with Crippen molar-refractivity contribution in [3.05, 3.63) is 0 Å². The molecule has 0 amide bonds. The molecule has 0 radical (unpaired) electrons. The zero-order valence-electron chi connectivity index (χ0n) is 8.18. The van der Waals surface area contributed by atoms with Gasteiger partial charge in [-0.15, -0.1) is 0 Å². The molecule has 1 atom stereocenters. The molecular weight excluding hydrogens is 152 g/mol. The lowest BCUT2D eigenvalue weighted by Gasteiger charge is -2.27. The van der Waals surface area contributed by atoms with Crippen LogP contribution in [0.4, 0.5) is 0 Å². The van der Waals surface area contributed by atoms with Crippen LogP contribution in [-0.4, -0.2) is 23.9 Å². The molecule has 1 aliphatic rings. The van der Waals surface area contributed by atoms with Crippen molar-refractivity contribution < 1.29 is 9.84 Å². The molecule has 1 rings (SSSR count). The Labute approximate surface area is 74.9 Å².